The summed E-state index contributed by atoms with van der Waals surface area (Å²) in [5, 5.41) is 1.47. The zero-order chi connectivity index (χ0) is 17.0. The molecule has 2 aliphatic heterocycles. The molecule has 5 rings (SSSR count). The van der Waals surface area contributed by atoms with Crippen LogP contribution in [0.15, 0.2) is 42.5 Å². The molecule has 1 aromatic heterocycles. The van der Waals surface area contributed by atoms with E-state index in [-0.39, 0.29) is 0 Å². The van der Waals surface area contributed by atoms with Crippen LogP contribution in [0.2, 0.25) is 0 Å². The molecular weight excluding hydrogens is 304 g/mol. The lowest BCUT2D eigenvalue weighted by Crippen LogP contribution is -2.25. The van der Waals surface area contributed by atoms with Gasteiger partial charge in [-0.3, -0.25) is 4.90 Å². The fraction of sp³-hybridized carbons (Fsp3) is 0.304. The molecule has 1 saturated heterocycles. The van der Waals surface area contributed by atoms with Gasteiger partial charge in [0, 0.05) is 36.3 Å². The van der Waals surface area contributed by atoms with Crippen molar-refractivity contribution in [2.45, 2.75) is 32.7 Å². The Bertz CT molecular complexity index is 975. The summed E-state index contributed by atoms with van der Waals surface area (Å²) in [7, 11) is 0. The molecule has 3 aromatic rings. The number of hydrogen-bond donors (Lipinski definition) is 0. The van der Waals surface area contributed by atoms with Gasteiger partial charge in [-0.15, -0.1) is 0 Å². The van der Waals surface area contributed by atoms with Gasteiger partial charge in [0.05, 0.1) is 5.52 Å². The molecule has 2 atom stereocenters. The summed E-state index contributed by atoms with van der Waals surface area (Å²) in [6.45, 7) is 7.90. The predicted molar refractivity (Wildman–Crippen MR) is 106 cm³/mol. The molecule has 25 heavy (non-hydrogen) atoms. The number of nitrogens with zero attached hydrogens (tertiary/aromatic N) is 2. The molecule has 2 heteroatoms. The van der Waals surface area contributed by atoms with Gasteiger partial charge >= 0.3 is 0 Å². The maximum Gasteiger partial charge on any atom is 0.0529 e. The Morgan fingerprint density at radius 1 is 1.00 bits per heavy atom. The lowest BCUT2D eigenvalue weighted by molar-refractivity contribution is 0.308. The van der Waals surface area contributed by atoms with Crippen LogP contribution in [0.25, 0.3) is 23.2 Å². The van der Waals surface area contributed by atoms with E-state index >= 15 is 0 Å². The Morgan fingerprint density at radius 2 is 1.80 bits per heavy atom. The fourth-order valence-corrected chi connectivity index (χ4v) is 4.56. The number of benzene rings is 2. The molecule has 0 saturated carbocycles. The molecule has 2 nitrogen and oxygen atoms in total. The number of aryl methyl sites for hydroxylation is 2. The number of hydrogen-bond acceptors (Lipinski definition) is 1. The van der Waals surface area contributed by atoms with Crippen molar-refractivity contribution in [3.8, 4) is 0 Å². The van der Waals surface area contributed by atoms with Crippen molar-refractivity contribution in [3.63, 3.8) is 0 Å². The second-order valence-corrected chi connectivity index (χ2v) is 7.70. The Morgan fingerprint density at radius 3 is 2.64 bits per heavy atom. The highest BCUT2D eigenvalue weighted by Crippen LogP contribution is 2.42. The third kappa shape index (κ3) is 2.44. The highest BCUT2D eigenvalue weighted by atomic mass is 15.2. The minimum Gasteiger partial charge on any atom is -0.319 e. The third-order valence-electron chi connectivity index (χ3n) is 5.85. The van der Waals surface area contributed by atoms with Crippen LogP contribution in [0.1, 0.15) is 40.3 Å². The summed E-state index contributed by atoms with van der Waals surface area (Å²) in [4.78, 5) is 2.61. The second-order valence-electron chi connectivity index (χ2n) is 7.70. The summed E-state index contributed by atoms with van der Waals surface area (Å²) in [5.41, 5.74) is 8.38. The number of fused-ring (bicyclic) bond motifs is 6. The average molecular weight is 328 g/mol. The van der Waals surface area contributed by atoms with Crippen molar-refractivity contribution in [2.75, 3.05) is 13.1 Å². The van der Waals surface area contributed by atoms with Gasteiger partial charge in [0.1, 0.15) is 0 Å². The average Bonchev–Trinajstić information content (AvgIpc) is 3.13. The second kappa shape index (κ2) is 5.60. The molecule has 0 radical (unpaired) electrons. The zero-order valence-electron chi connectivity index (χ0n) is 15.0. The summed E-state index contributed by atoms with van der Waals surface area (Å²) in [6, 6.07) is 15.7. The molecule has 2 bridgehead atoms. The minimum atomic E-state index is 0.710. The van der Waals surface area contributed by atoms with Crippen LogP contribution in [0, 0.1) is 13.8 Å². The zero-order valence-corrected chi connectivity index (χ0v) is 15.0. The SMILES string of the molecule is Cc1ccc(/C=C/n2c3c(c4cc(C)ccc42)C2CCN(C3)C2)cc1. The highest BCUT2D eigenvalue weighted by molar-refractivity contribution is 5.90. The molecule has 0 aliphatic carbocycles. The van der Waals surface area contributed by atoms with Crippen LogP contribution in [0.5, 0.6) is 0 Å². The minimum absolute atomic E-state index is 0.710. The summed E-state index contributed by atoms with van der Waals surface area (Å²) >= 11 is 0. The first-order valence-electron chi connectivity index (χ1n) is 9.29. The van der Waals surface area contributed by atoms with Gasteiger partial charge in [-0.1, -0.05) is 41.5 Å². The Balaban J connectivity index is 1.67. The Labute approximate surface area is 149 Å². The van der Waals surface area contributed by atoms with Crippen molar-refractivity contribution >= 4 is 23.2 Å². The summed E-state index contributed by atoms with van der Waals surface area (Å²) < 4.78 is 2.44. The van der Waals surface area contributed by atoms with E-state index in [1.54, 1.807) is 5.56 Å². The van der Waals surface area contributed by atoms with Crippen molar-refractivity contribution in [1.82, 2.24) is 9.47 Å². The Kier molecular flexibility index (Phi) is 3.36. The lowest BCUT2D eigenvalue weighted by atomic mass is 9.93. The van der Waals surface area contributed by atoms with Gasteiger partial charge in [-0.25, -0.2) is 0 Å². The molecule has 0 spiro atoms. The standard InChI is InChI=1S/C23H24N2/c1-16-3-6-18(7-4-16)9-12-25-21-8-5-17(2)13-20(21)23-19-10-11-24(14-19)15-22(23)25/h3-9,12-13,19H,10-11,14-15H2,1-2H3/b12-9+. The monoisotopic (exact) mass is 328 g/mol. The normalized spacial score (nSPS) is 22.0. The van der Waals surface area contributed by atoms with Gasteiger partial charge < -0.3 is 4.57 Å². The molecule has 0 N–H and O–H groups in total. The fourth-order valence-electron chi connectivity index (χ4n) is 4.56. The molecular formula is C23H24N2. The van der Waals surface area contributed by atoms with E-state index in [1.807, 2.05) is 0 Å². The first-order valence-corrected chi connectivity index (χ1v) is 9.29. The van der Waals surface area contributed by atoms with Crippen LogP contribution in [0.3, 0.4) is 0 Å². The van der Waals surface area contributed by atoms with E-state index in [0.29, 0.717) is 5.92 Å². The first kappa shape index (κ1) is 15.0. The molecule has 0 amide bonds. The van der Waals surface area contributed by atoms with Gasteiger partial charge in [0.25, 0.3) is 0 Å². The van der Waals surface area contributed by atoms with E-state index < -0.39 is 0 Å². The van der Waals surface area contributed by atoms with Gasteiger partial charge in [-0.05, 0) is 56.1 Å². The van der Waals surface area contributed by atoms with Crippen LogP contribution in [-0.2, 0) is 6.54 Å². The predicted octanol–water partition coefficient (Wildman–Crippen LogP) is 5.19. The van der Waals surface area contributed by atoms with Gasteiger partial charge in [0.2, 0.25) is 0 Å². The topological polar surface area (TPSA) is 8.17 Å². The van der Waals surface area contributed by atoms with Crippen molar-refractivity contribution in [2.24, 2.45) is 0 Å². The number of rotatable bonds is 2. The van der Waals surface area contributed by atoms with Crippen LogP contribution < -0.4 is 0 Å². The molecule has 1 fully saturated rings. The number of aromatic nitrogens is 1. The maximum atomic E-state index is 2.61. The van der Waals surface area contributed by atoms with Crippen LogP contribution >= 0.6 is 0 Å². The smallest absolute Gasteiger partial charge is 0.0529 e. The molecule has 3 heterocycles. The van der Waals surface area contributed by atoms with E-state index in [1.165, 1.54) is 52.8 Å². The molecule has 2 aromatic carbocycles. The van der Waals surface area contributed by atoms with E-state index in [4.69, 9.17) is 0 Å². The third-order valence-corrected chi connectivity index (χ3v) is 5.85. The Hall–Kier alpha value is -2.32. The highest BCUT2D eigenvalue weighted by Gasteiger charge is 2.35. The van der Waals surface area contributed by atoms with E-state index in [0.717, 1.165) is 6.54 Å². The quantitative estimate of drug-likeness (QED) is 0.628. The summed E-state index contributed by atoms with van der Waals surface area (Å²) in [6.07, 6.45) is 5.82. The van der Waals surface area contributed by atoms with Crippen LogP contribution in [0.4, 0.5) is 0 Å². The molecule has 2 unspecified atom stereocenters. The molecule has 2 aliphatic rings. The first-order chi connectivity index (χ1) is 12.2. The van der Waals surface area contributed by atoms with Crippen molar-refractivity contribution < 1.29 is 0 Å². The lowest BCUT2D eigenvalue weighted by Gasteiger charge is -2.24. The van der Waals surface area contributed by atoms with Crippen LogP contribution in [-0.4, -0.2) is 22.6 Å². The summed E-state index contributed by atoms with van der Waals surface area (Å²) in [5.74, 6) is 0.710. The van der Waals surface area contributed by atoms with Gasteiger partial charge in [0.15, 0.2) is 0 Å². The maximum absolute atomic E-state index is 2.61. The van der Waals surface area contributed by atoms with E-state index in [2.05, 4.69) is 78.1 Å². The van der Waals surface area contributed by atoms with Crippen molar-refractivity contribution in [3.05, 3.63) is 70.4 Å². The van der Waals surface area contributed by atoms with E-state index in [9.17, 15) is 0 Å². The largest absolute Gasteiger partial charge is 0.319 e. The molecule has 126 valence electrons. The van der Waals surface area contributed by atoms with Gasteiger partial charge in [-0.2, -0.15) is 0 Å². The van der Waals surface area contributed by atoms with Crippen molar-refractivity contribution in [1.29, 1.82) is 0 Å².